The van der Waals surface area contributed by atoms with Crippen LogP contribution in [-0.4, -0.2) is 43.7 Å². The number of hydrogen-bond donors (Lipinski definition) is 1. The van der Waals surface area contributed by atoms with Crippen molar-refractivity contribution in [2.75, 3.05) is 13.1 Å². The summed E-state index contributed by atoms with van der Waals surface area (Å²) in [5, 5.41) is 13.6. The van der Waals surface area contributed by atoms with Crippen LogP contribution >= 0.6 is 0 Å². The van der Waals surface area contributed by atoms with Crippen molar-refractivity contribution in [2.24, 2.45) is 5.41 Å². The van der Waals surface area contributed by atoms with E-state index in [1.807, 2.05) is 25.4 Å². The fourth-order valence-corrected chi connectivity index (χ4v) is 2.88. The van der Waals surface area contributed by atoms with Gasteiger partial charge in [-0.25, -0.2) is 9.50 Å². The molecule has 1 fully saturated rings. The van der Waals surface area contributed by atoms with E-state index in [0.29, 0.717) is 13.1 Å². The van der Waals surface area contributed by atoms with Gasteiger partial charge >= 0.3 is 5.97 Å². The van der Waals surface area contributed by atoms with Gasteiger partial charge in [0, 0.05) is 31.0 Å². The van der Waals surface area contributed by atoms with Crippen LogP contribution in [0.2, 0.25) is 0 Å². The van der Waals surface area contributed by atoms with Crippen molar-refractivity contribution in [1.82, 2.24) is 19.5 Å². The molecular weight excluding hydrogens is 256 g/mol. The molecule has 0 aliphatic carbocycles. The molecule has 0 saturated carbocycles. The predicted molar refractivity (Wildman–Crippen MR) is 73.2 cm³/mol. The molecule has 6 nitrogen and oxygen atoms in total. The minimum absolute atomic E-state index is 0.576. The van der Waals surface area contributed by atoms with Crippen LogP contribution in [0.5, 0.6) is 0 Å². The lowest BCUT2D eigenvalue weighted by Gasteiger charge is -2.37. The molecule has 2 aromatic rings. The summed E-state index contributed by atoms with van der Waals surface area (Å²) in [6.07, 6.45) is 7.08. The van der Waals surface area contributed by atoms with Crippen molar-refractivity contribution in [3.63, 3.8) is 0 Å². The number of hydrogen-bond acceptors (Lipinski definition) is 4. The van der Waals surface area contributed by atoms with Crippen LogP contribution in [0.3, 0.4) is 0 Å². The smallest absolute Gasteiger partial charge is 0.310 e. The molecule has 0 spiro atoms. The van der Waals surface area contributed by atoms with Gasteiger partial charge in [-0.1, -0.05) is 0 Å². The number of carboxylic acids is 1. The van der Waals surface area contributed by atoms with Crippen molar-refractivity contribution in [2.45, 2.75) is 26.3 Å². The van der Waals surface area contributed by atoms with Gasteiger partial charge in [-0.2, -0.15) is 5.10 Å². The van der Waals surface area contributed by atoms with Crippen LogP contribution in [0, 0.1) is 5.41 Å². The Bertz CT molecular complexity index is 639. The van der Waals surface area contributed by atoms with Gasteiger partial charge in [-0.05, 0) is 32.4 Å². The summed E-state index contributed by atoms with van der Waals surface area (Å²) in [4.78, 5) is 17.9. The van der Waals surface area contributed by atoms with Crippen molar-refractivity contribution in [3.8, 4) is 0 Å². The molecule has 2 aromatic heterocycles. The van der Waals surface area contributed by atoms with E-state index in [2.05, 4.69) is 15.0 Å². The molecule has 3 rings (SSSR count). The van der Waals surface area contributed by atoms with Crippen LogP contribution in [0.15, 0.2) is 24.7 Å². The van der Waals surface area contributed by atoms with Gasteiger partial charge in [0.1, 0.15) is 0 Å². The van der Waals surface area contributed by atoms with Crippen LogP contribution < -0.4 is 0 Å². The fourth-order valence-electron chi connectivity index (χ4n) is 2.88. The van der Waals surface area contributed by atoms with E-state index in [4.69, 9.17) is 0 Å². The largest absolute Gasteiger partial charge is 0.481 e. The molecule has 0 amide bonds. The second-order valence-corrected chi connectivity index (χ2v) is 5.74. The maximum Gasteiger partial charge on any atom is 0.310 e. The predicted octanol–water partition coefficient (Wildman–Crippen LogP) is 1.42. The highest BCUT2D eigenvalue weighted by Gasteiger charge is 2.37. The van der Waals surface area contributed by atoms with Crippen molar-refractivity contribution < 1.29 is 9.90 Å². The molecule has 1 saturated heterocycles. The first-order chi connectivity index (χ1) is 9.58. The molecule has 1 atom stereocenters. The molecule has 1 N–H and O–H groups in total. The van der Waals surface area contributed by atoms with Gasteiger partial charge in [-0.3, -0.25) is 9.69 Å². The Kier molecular flexibility index (Phi) is 3.17. The highest BCUT2D eigenvalue weighted by molar-refractivity contribution is 5.74. The van der Waals surface area contributed by atoms with Crippen molar-refractivity contribution in [1.29, 1.82) is 0 Å². The van der Waals surface area contributed by atoms with Crippen LogP contribution in [-0.2, 0) is 11.3 Å². The lowest BCUT2D eigenvalue weighted by Crippen LogP contribution is -2.45. The molecular formula is C14H18N4O2. The second kappa shape index (κ2) is 4.86. The molecule has 106 valence electrons. The van der Waals surface area contributed by atoms with Crippen LogP contribution in [0.4, 0.5) is 0 Å². The zero-order chi connectivity index (χ0) is 14.2. The summed E-state index contributed by atoms with van der Waals surface area (Å²) in [6, 6.07) is 1.84. The Balaban J connectivity index is 1.79. The summed E-state index contributed by atoms with van der Waals surface area (Å²) in [7, 11) is 0. The maximum absolute atomic E-state index is 11.4. The monoisotopic (exact) mass is 274 g/mol. The molecule has 1 aliphatic heterocycles. The number of aliphatic carboxylic acids is 1. The van der Waals surface area contributed by atoms with Gasteiger partial charge in [0.2, 0.25) is 0 Å². The van der Waals surface area contributed by atoms with Gasteiger partial charge in [-0.15, -0.1) is 0 Å². The Morgan fingerprint density at radius 2 is 2.40 bits per heavy atom. The van der Waals surface area contributed by atoms with E-state index in [1.165, 1.54) is 0 Å². The number of piperidine rings is 1. The van der Waals surface area contributed by atoms with E-state index in [9.17, 15) is 9.90 Å². The third-order valence-electron chi connectivity index (χ3n) is 4.04. The Morgan fingerprint density at radius 1 is 1.55 bits per heavy atom. The summed E-state index contributed by atoms with van der Waals surface area (Å²) in [5.41, 5.74) is 1.24. The van der Waals surface area contributed by atoms with E-state index >= 15 is 0 Å². The quantitative estimate of drug-likeness (QED) is 0.916. The minimum Gasteiger partial charge on any atom is -0.481 e. The van der Waals surface area contributed by atoms with Crippen molar-refractivity contribution >= 4 is 11.6 Å². The molecule has 0 aromatic carbocycles. The summed E-state index contributed by atoms with van der Waals surface area (Å²) >= 11 is 0. The van der Waals surface area contributed by atoms with Crippen molar-refractivity contribution in [3.05, 3.63) is 30.2 Å². The second-order valence-electron chi connectivity index (χ2n) is 5.74. The van der Waals surface area contributed by atoms with Gasteiger partial charge < -0.3 is 5.11 Å². The average molecular weight is 274 g/mol. The Morgan fingerprint density at radius 3 is 3.20 bits per heavy atom. The number of carboxylic acid groups (broad SMARTS) is 1. The van der Waals surface area contributed by atoms with Crippen LogP contribution in [0.1, 0.15) is 25.3 Å². The number of nitrogens with zero attached hydrogens (tertiary/aromatic N) is 4. The van der Waals surface area contributed by atoms with Gasteiger partial charge in [0.15, 0.2) is 5.65 Å². The number of likely N-dealkylation sites (tertiary alicyclic amines) is 1. The zero-order valence-corrected chi connectivity index (χ0v) is 11.5. The van der Waals surface area contributed by atoms with Gasteiger partial charge in [0.25, 0.3) is 0 Å². The summed E-state index contributed by atoms with van der Waals surface area (Å²) in [6.45, 7) is 4.03. The topological polar surface area (TPSA) is 70.7 Å². The third-order valence-corrected chi connectivity index (χ3v) is 4.04. The first kappa shape index (κ1) is 13.1. The van der Waals surface area contributed by atoms with E-state index < -0.39 is 11.4 Å². The number of aromatic nitrogens is 3. The van der Waals surface area contributed by atoms with Crippen LogP contribution in [0.25, 0.3) is 5.65 Å². The molecule has 0 radical (unpaired) electrons. The lowest BCUT2D eigenvalue weighted by atomic mass is 9.82. The molecule has 0 bridgehead atoms. The average Bonchev–Trinajstić information content (AvgIpc) is 2.82. The number of fused-ring (bicyclic) bond motifs is 1. The first-order valence-corrected chi connectivity index (χ1v) is 6.81. The molecule has 3 heterocycles. The highest BCUT2D eigenvalue weighted by Crippen LogP contribution is 2.30. The first-order valence-electron chi connectivity index (χ1n) is 6.81. The molecule has 0 unspecified atom stereocenters. The molecule has 1 aliphatic rings. The normalized spacial score (nSPS) is 24.1. The van der Waals surface area contributed by atoms with E-state index in [1.54, 1.807) is 10.7 Å². The van der Waals surface area contributed by atoms with E-state index in [-0.39, 0.29) is 0 Å². The highest BCUT2D eigenvalue weighted by atomic mass is 16.4. The number of carbonyl (C=O) groups is 1. The minimum atomic E-state index is -0.708. The maximum atomic E-state index is 11.4. The van der Waals surface area contributed by atoms with Gasteiger partial charge in [0.05, 0.1) is 11.6 Å². The molecule has 20 heavy (non-hydrogen) atoms. The summed E-state index contributed by atoms with van der Waals surface area (Å²) < 4.78 is 1.75. The lowest BCUT2D eigenvalue weighted by molar-refractivity contribution is -0.151. The third kappa shape index (κ3) is 2.27. The standard InChI is InChI=1S/C14H18N4O2/c1-14(13(19)20)4-2-6-17(10-14)9-11-8-16-18-7-3-5-15-12(11)18/h3,5,7-8H,2,4,6,9-10H2,1H3,(H,19,20)/t14-/m1/s1. The zero-order valence-electron chi connectivity index (χ0n) is 11.5. The number of rotatable bonds is 3. The molecule has 6 heteroatoms. The Hall–Kier alpha value is -1.95. The van der Waals surface area contributed by atoms with E-state index in [0.717, 1.165) is 30.6 Å². The fraction of sp³-hybridized carbons (Fsp3) is 0.500. The SMILES string of the molecule is C[C@@]1(C(=O)O)CCCN(Cc2cnn3cccnc23)C1. The summed E-state index contributed by atoms with van der Waals surface area (Å²) in [5.74, 6) is -0.708. The Labute approximate surface area is 117 Å².